The van der Waals surface area contributed by atoms with Gasteiger partial charge in [0.2, 0.25) is 5.91 Å². The molecule has 2 aliphatic rings. The topological polar surface area (TPSA) is 65.5 Å². The highest BCUT2D eigenvalue weighted by Gasteiger charge is 2.41. The number of amides is 2. The second-order valence-electron chi connectivity index (χ2n) is 8.25. The lowest BCUT2D eigenvalue weighted by atomic mass is 9.78. The van der Waals surface area contributed by atoms with Crippen LogP contribution >= 0.6 is 0 Å². The number of pyridine rings is 1. The molecule has 0 bridgehead atoms. The van der Waals surface area contributed by atoms with Gasteiger partial charge in [-0.1, -0.05) is 30.3 Å². The van der Waals surface area contributed by atoms with Crippen LogP contribution in [0.25, 0.3) is 0 Å². The number of carbonyl (C=O) groups is 2. The molecule has 1 spiro atoms. The first-order chi connectivity index (χ1) is 14.1. The highest BCUT2D eigenvalue weighted by atomic mass is 16.2. The molecule has 0 saturated carbocycles. The SMILES string of the molecule is O=C(NCC(=O)N1CCC2(CCN(Cc3ccccc3)C2)CC1)c1cccnc1. The van der Waals surface area contributed by atoms with E-state index in [2.05, 4.69) is 45.5 Å². The van der Waals surface area contributed by atoms with Gasteiger partial charge in [0.1, 0.15) is 0 Å². The van der Waals surface area contributed by atoms with Crippen molar-refractivity contribution in [3.63, 3.8) is 0 Å². The summed E-state index contributed by atoms with van der Waals surface area (Å²) in [5, 5.41) is 2.71. The summed E-state index contributed by atoms with van der Waals surface area (Å²) in [6.45, 7) is 4.85. The Hall–Kier alpha value is -2.73. The molecule has 2 aromatic rings. The Morgan fingerprint density at radius 3 is 2.48 bits per heavy atom. The second kappa shape index (κ2) is 8.74. The van der Waals surface area contributed by atoms with Crippen molar-refractivity contribution in [2.75, 3.05) is 32.7 Å². The molecule has 2 amide bonds. The van der Waals surface area contributed by atoms with Crippen molar-refractivity contribution in [3.8, 4) is 0 Å². The number of hydrogen-bond acceptors (Lipinski definition) is 4. The smallest absolute Gasteiger partial charge is 0.253 e. The molecule has 29 heavy (non-hydrogen) atoms. The van der Waals surface area contributed by atoms with Gasteiger partial charge in [-0.25, -0.2) is 0 Å². The second-order valence-corrected chi connectivity index (χ2v) is 8.25. The van der Waals surface area contributed by atoms with Crippen LogP contribution in [-0.2, 0) is 11.3 Å². The van der Waals surface area contributed by atoms with Crippen molar-refractivity contribution in [1.29, 1.82) is 0 Å². The predicted octanol–water partition coefficient (Wildman–Crippen LogP) is 2.33. The van der Waals surface area contributed by atoms with E-state index in [9.17, 15) is 9.59 Å². The maximum atomic E-state index is 12.5. The molecule has 0 aliphatic carbocycles. The molecule has 0 atom stereocenters. The molecule has 6 heteroatoms. The molecule has 4 rings (SSSR count). The summed E-state index contributed by atoms with van der Waals surface area (Å²) in [5.74, 6) is -0.261. The van der Waals surface area contributed by atoms with Gasteiger partial charge < -0.3 is 10.2 Å². The van der Waals surface area contributed by atoms with Crippen LogP contribution in [0.1, 0.15) is 35.2 Å². The van der Waals surface area contributed by atoms with Crippen LogP contribution in [0.15, 0.2) is 54.9 Å². The summed E-state index contributed by atoms with van der Waals surface area (Å²) >= 11 is 0. The number of likely N-dealkylation sites (tertiary alicyclic amines) is 2. The van der Waals surface area contributed by atoms with Crippen LogP contribution < -0.4 is 5.32 Å². The number of hydrogen-bond donors (Lipinski definition) is 1. The third-order valence-corrected chi connectivity index (χ3v) is 6.27. The van der Waals surface area contributed by atoms with Crippen molar-refractivity contribution >= 4 is 11.8 Å². The summed E-state index contributed by atoms with van der Waals surface area (Å²) in [4.78, 5) is 33.0. The van der Waals surface area contributed by atoms with Crippen LogP contribution in [0.5, 0.6) is 0 Å². The molecule has 2 saturated heterocycles. The first-order valence-electron chi connectivity index (χ1n) is 10.4. The van der Waals surface area contributed by atoms with Crippen LogP contribution in [0, 0.1) is 5.41 Å². The van der Waals surface area contributed by atoms with E-state index < -0.39 is 0 Å². The van der Waals surface area contributed by atoms with Crippen LogP contribution in [0.2, 0.25) is 0 Å². The minimum atomic E-state index is -0.257. The molecule has 6 nitrogen and oxygen atoms in total. The summed E-state index contributed by atoms with van der Waals surface area (Å²) in [5.41, 5.74) is 2.17. The van der Waals surface area contributed by atoms with Gasteiger partial charge in [-0.05, 0) is 48.9 Å². The van der Waals surface area contributed by atoms with Gasteiger partial charge in [-0.15, -0.1) is 0 Å². The first kappa shape index (κ1) is 19.6. The van der Waals surface area contributed by atoms with Crippen molar-refractivity contribution in [2.45, 2.75) is 25.8 Å². The molecule has 152 valence electrons. The maximum Gasteiger partial charge on any atom is 0.253 e. The van der Waals surface area contributed by atoms with E-state index in [0.29, 0.717) is 11.0 Å². The Kier molecular flexibility index (Phi) is 5.90. The normalized spacial score (nSPS) is 18.7. The van der Waals surface area contributed by atoms with Gasteiger partial charge in [-0.3, -0.25) is 19.5 Å². The predicted molar refractivity (Wildman–Crippen MR) is 111 cm³/mol. The first-order valence-corrected chi connectivity index (χ1v) is 10.4. The lowest BCUT2D eigenvalue weighted by Gasteiger charge is -2.39. The van der Waals surface area contributed by atoms with Gasteiger partial charge in [0.05, 0.1) is 12.1 Å². The summed E-state index contributed by atoms with van der Waals surface area (Å²) in [6.07, 6.45) is 6.42. The zero-order chi connectivity index (χ0) is 20.1. The van der Waals surface area contributed by atoms with E-state index in [1.54, 1.807) is 18.3 Å². The number of rotatable bonds is 5. The molecule has 0 unspecified atom stereocenters. The average molecular weight is 393 g/mol. The molecule has 3 heterocycles. The Balaban J connectivity index is 1.23. The van der Waals surface area contributed by atoms with Gasteiger partial charge in [0.25, 0.3) is 5.91 Å². The van der Waals surface area contributed by atoms with E-state index in [-0.39, 0.29) is 18.4 Å². The number of carbonyl (C=O) groups excluding carboxylic acids is 2. The summed E-state index contributed by atoms with van der Waals surface area (Å²) < 4.78 is 0. The van der Waals surface area contributed by atoms with Crippen LogP contribution in [0.3, 0.4) is 0 Å². The van der Waals surface area contributed by atoms with Gasteiger partial charge in [0, 0.05) is 38.6 Å². The number of aromatic nitrogens is 1. The summed E-state index contributed by atoms with van der Waals surface area (Å²) in [7, 11) is 0. The molecule has 1 N–H and O–H groups in total. The zero-order valence-electron chi connectivity index (χ0n) is 16.7. The minimum Gasteiger partial charge on any atom is -0.343 e. The Morgan fingerprint density at radius 2 is 1.76 bits per heavy atom. The highest BCUT2D eigenvalue weighted by molar-refractivity contribution is 5.96. The third-order valence-electron chi connectivity index (χ3n) is 6.27. The molecular weight excluding hydrogens is 364 g/mol. The number of nitrogens with zero attached hydrogens (tertiary/aromatic N) is 3. The molecule has 2 aliphatic heterocycles. The van der Waals surface area contributed by atoms with E-state index in [1.165, 1.54) is 18.2 Å². The largest absolute Gasteiger partial charge is 0.343 e. The molecule has 2 fully saturated rings. The van der Waals surface area contributed by atoms with E-state index in [0.717, 1.165) is 45.6 Å². The Labute approximate surface area is 171 Å². The standard InChI is InChI=1S/C23H28N4O2/c28-21(16-25-22(29)20-7-4-11-24-15-20)27-13-9-23(10-14-27)8-12-26(18-23)17-19-5-2-1-3-6-19/h1-7,11,15H,8-10,12-14,16-18H2,(H,25,29). The van der Waals surface area contributed by atoms with E-state index >= 15 is 0 Å². The molecule has 0 radical (unpaired) electrons. The van der Waals surface area contributed by atoms with Crippen molar-refractivity contribution < 1.29 is 9.59 Å². The summed E-state index contributed by atoms with van der Waals surface area (Å²) in [6, 6.07) is 14.0. The Bertz CT molecular complexity index is 832. The number of piperidine rings is 1. The lowest BCUT2D eigenvalue weighted by Crippen LogP contribution is -2.47. The van der Waals surface area contributed by atoms with Crippen molar-refractivity contribution in [3.05, 3.63) is 66.0 Å². The fourth-order valence-electron chi connectivity index (χ4n) is 4.51. The van der Waals surface area contributed by atoms with Crippen molar-refractivity contribution in [2.24, 2.45) is 5.41 Å². The third kappa shape index (κ3) is 4.82. The average Bonchev–Trinajstić information content (AvgIpc) is 3.15. The highest BCUT2D eigenvalue weighted by Crippen LogP contribution is 2.40. The fourth-order valence-corrected chi connectivity index (χ4v) is 4.51. The lowest BCUT2D eigenvalue weighted by molar-refractivity contribution is -0.132. The molecule has 1 aromatic carbocycles. The van der Waals surface area contributed by atoms with Crippen LogP contribution in [-0.4, -0.2) is 59.3 Å². The van der Waals surface area contributed by atoms with Gasteiger partial charge >= 0.3 is 0 Å². The molecule has 1 aromatic heterocycles. The monoisotopic (exact) mass is 392 g/mol. The Morgan fingerprint density at radius 1 is 1.00 bits per heavy atom. The van der Waals surface area contributed by atoms with Crippen LogP contribution in [0.4, 0.5) is 0 Å². The zero-order valence-corrected chi connectivity index (χ0v) is 16.7. The maximum absolute atomic E-state index is 12.5. The molecular formula is C23H28N4O2. The fraction of sp³-hybridized carbons (Fsp3) is 0.435. The van der Waals surface area contributed by atoms with Gasteiger partial charge in [-0.2, -0.15) is 0 Å². The quantitative estimate of drug-likeness (QED) is 0.848. The van der Waals surface area contributed by atoms with Crippen molar-refractivity contribution in [1.82, 2.24) is 20.1 Å². The number of benzene rings is 1. The number of nitrogens with one attached hydrogen (secondary N) is 1. The van der Waals surface area contributed by atoms with E-state index in [4.69, 9.17) is 0 Å². The van der Waals surface area contributed by atoms with Gasteiger partial charge in [0.15, 0.2) is 0 Å². The van der Waals surface area contributed by atoms with E-state index in [1.807, 2.05) is 4.90 Å². The minimum absolute atomic E-state index is 0.00349.